The number of hydrazine groups is 1. The summed E-state index contributed by atoms with van der Waals surface area (Å²) in [5.41, 5.74) is 3.94. The summed E-state index contributed by atoms with van der Waals surface area (Å²) in [6, 6.07) is 9.45. The molecule has 78 valence electrons. The van der Waals surface area contributed by atoms with Gasteiger partial charge in [-0.1, -0.05) is 30.3 Å². The van der Waals surface area contributed by atoms with E-state index in [1.807, 2.05) is 30.3 Å². The van der Waals surface area contributed by atoms with Crippen LogP contribution in [-0.4, -0.2) is 29.8 Å². The van der Waals surface area contributed by atoms with Gasteiger partial charge in [0.2, 0.25) is 0 Å². The summed E-state index contributed by atoms with van der Waals surface area (Å²) < 4.78 is 0. The lowest BCUT2D eigenvalue weighted by molar-refractivity contribution is -0.133. The largest absolute Gasteiger partial charge is 0.279 e. The second kappa shape index (κ2) is 3.73. The molecule has 15 heavy (non-hydrogen) atoms. The Hall–Kier alpha value is -1.84. The van der Waals surface area contributed by atoms with Gasteiger partial charge in [-0.3, -0.25) is 20.2 Å². The molecule has 1 aliphatic rings. The molecule has 2 rings (SSSR count). The van der Waals surface area contributed by atoms with E-state index in [2.05, 4.69) is 10.4 Å². The number of carbonyl (C=O) groups is 1. The van der Waals surface area contributed by atoms with Gasteiger partial charge in [-0.15, -0.1) is 0 Å². The molecule has 1 heterocycles. The second-order valence-corrected chi connectivity index (χ2v) is 3.53. The van der Waals surface area contributed by atoms with Crippen LogP contribution in [0.3, 0.4) is 0 Å². The Bertz CT molecular complexity index is 400. The molecule has 1 aliphatic heterocycles. The Labute approximate surface area is 88.6 Å². The fraction of sp³-hybridized carbons (Fsp3) is 0.273. The number of nitrogens with zero attached hydrogens (tertiary/aromatic N) is 2. The highest BCUT2D eigenvalue weighted by Gasteiger charge is 2.23. The van der Waals surface area contributed by atoms with Gasteiger partial charge in [0.25, 0.3) is 5.91 Å². The zero-order chi connectivity index (χ0) is 10.8. The molecule has 0 saturated carbocycles. The Morgan fingerprint density at radius 1 is 1.33 bits per heavy atom. The van der Waals surface area contributed by atoms with Crippen LogP contribution in [0.5, 0.6) is 0 Å². The zero-order valence-electron chi connectivity index (χ0n) is 8.77. The van der Waals surface area contributed by atoms with Crippen molar-refractivity contribution < 1.29 is 4.79 Å². The highest BCUT2D eigenvalue weighted by molar-refractivity contribution is 6.03. The Kier molecular flexibility index (Phi) is 2.41. The number of rotatable bonds is 1. The third-order valence-electron chi connectivity index (χ3n) is 2.33. The molecule has 0 unspecified atom stereocenters. The van der Waals surface area contributed by atoms with Crippen molar-refractivity contribution >= 4 is 11.7 Å². The maximum Gasteiger partial charge on any atom is 0.265 e. The quantitative estimate of drug-likeness (QED) is 0.733. The molecule has 0 radical (unpaired) electrons. The van der Waals surface area contributed by atoms with E-state index in [1.165, 1.54) is 5.01 Å². The lowest BCUT2D eigenvalue weighted by atomic mass is 10.2. The number of amides is 1. The van der Waals surface area contributed by atoms with Gasteiger partial charge in [-0.2, -0.15) is 0 Å². The summed E-state index contributed by atoms with van der Waals surface area (Å²) in [6.45, 7) is 1.79. The van der Waals surface area contributed by atoms with E-state index >= 15 is 0 Å². The van der Waals surface area contributed by atoms with Crippen molar-refractivity contribution in [2.24, 2.45) is 4.99 Å². The van der Waals surface area contributed by atoms with E-state index in [4.69, 9.17) is 0 Å². The van der Waals surface area contributed by atoms with E-state index in [0.29, 0.717) is 0 Å². The first-order valence-electron chi connectivity index (χ1n) is 4.86. The zero-order valence-corrected chi connectivity index (χ0v) is 8.77. The Morgan fingerprint density at radius 3 is 2.60 bits per heavy atom. The number of hydrogen-bond donors (Lipinski definition) is 1. The van der Waals surface area contributed by atoms with Crippen molar-refractivity contribution in [2.75, 3.05) is 7.05 Å². The first-order chi connectivity index (χ1) is 7.18. The first kappa shape index (κ1) is 9.71. The topological polar surface area (TPSA) is 44.7 Å². The van der Waals surface area contributed by atoms with Crippen molar-refractivity contribution in [3.8, 4) is 0 Å². The van der Waals surface area contributed by atoms with Crippen LogP contribution in [0.15, 0.2) is 35.3 Å². The highest BCUT2D eigenvalue weighted by Crippen LogP contribution is 2.07. The molecule has 1 amide bonds. The van der Waals surface area contributed by atoms with Crippen LogP contribution >= 0.6 is 0 Å². The normalized spacial score (nSPS) is 20.9. The predicted octanol–water partition coefficient (Wildman–Crippen LogP) is 0.798. The Balaban J connectivity index is 2.32. The average Bonchev–Trinajstić information content (AvgIpc) is 2.26. The van der Waals surface area contributed by atoms with Gasteiger partial charge < -0.3 is 0 Å². The third kappa shape index (κ3) is 1.83. The molecule has 0 spiro atoms. The molecule has 0 aliphatic carbocycles. The number of nitrogens with one attached hydrogen (secondary N) is 1. The summed E-state index contributed by atoms with van der Waals surface area (Å²) in [5, 5.41) is 1.47. The van der Waals surface area contributed by atoms with Crippen LogP contribution in [0.1, 0.15) is 12.5 Å². The maximum absolute atomic E-state index is 11.5. The SMILES string of the molecule is C[C@@H]1N=C(c2ccccc2)NN(C)C1=O. The van der Waals surface area contributed by atoms with Gasteiger partial charge >= 0.3 is 0 Å². The van der Waals surface area contributed by atoms with Crippen LogP contribution in [-0.2, 0) is 4.79 Å². The molecule has 0 bridgehead atoms. The number of hydrogen-bond acceptors (Lipinski definition) is 3. The van der Waals surface area contributed by atoms with Crippen LogP contribution in [0.2, 0.25) is 0 Å². The Morgan fingerprint density at radius 2 is 2.00 bits per heavy atom. The van der Waals surface area contributed by atoms with Crippen molar-refractivity contribution in [1.29, 1.82) is 0 Å². The van der Waals surface area contributed by atoms with Gasteiger partial charge in [0.05, 0.1) is 0 Å². The monoisotopic (exact) mass is 203 g/mol. The summed E-state index contributed by atoms with van der Waals surface area (Å²) >= 11 is 0. The summed E-state index contributed by atoms with van der Waals surface area (Å²) in [7, 11) is 1.70. The molecule has 1 aromatic carbocycles. The number of benzene rings is 1. The van der Waals surface area contributed by atoms with Crippen molar-refractivity contribution in [3.63, 3.8) is 0 Å². The third-order valence-corrected chi connectivity index (χ3v) is 2.33. The molecule has 1 N–H and O–H groups in total. The summed E-state index contributed by atoms with van der Waals surface area (Å²) in [6.07, 6.45) is 0. The molecule has 1 atom stereocenters. The molecular formula is C11H13N3O. The second-order valence-electron chi connectivity index (χ2n) is 3.53. The van der Waals surface area contributed by atoms with Crippen LogP contribution in [0.25, 0.3) is 0 Å². The number of amidine groups is 1. The smallest absolute Gasteiger partial charge is 0.265 e. The fourth-order valence-electron chi connectivity index (χ4n) is 1.51. The van der Waals surface area contributed by atoms with Gasteiger partial charge in [-0.25, -0.2) is 0 Å². The van der Waals surface area contributed by atoms with Gasteiger partial charge in [0, 0.05) is 12.6 Å². The van der Waals surface area contributed by atoms with Crippen molar-refractivity contribution in [2.45, 2.75) is 13.0 Å². The predicted molar refractivity (Wildman–Crippen MR) is 58.3 cm³/mol. The molecule has 4 nitrogen and oxygen atoms in total. The lowest BCUT2D eigenvalue weighted by Crippen LogP contribution is -2.51. The number of likely N-dealkylation sites (N-methyl/N-ethyl adjacent to an activating group) is 1. The maximum atomic E-state index is 11.5. The van der Waals surface area contributed by atoms with Gasteiger partial charge in [-0.05, 0) is 6.92 Å². The fourth-order valence-corrected chi connectivity index (χ4v) is 1.51. The van der Waals surface area contributed by atoms with E-state index < -0.39 is 0 Å². The molecular weight excluding hydrogens is 190 g/mol. The average molecular weight is 203 g/mol. The van der Waals surface area contributed by atoms with E-state index in [9.17, 15) is 4.79 Å². The first-order valence-corrected chi connectivity index (χ1v) is 4.86. The highest BCUT2D eigenvalue weighted by atomic mass is 16.2. The summed E-state index contributed by atoms with van der Waals surface area (Å²) in [4.78, 5) is 15.8. The van der Waals surface area contributed by atoms with E-state index in [0.717, 1.165) is 11.4 Å². The minimum absolute atomic E-state index is 0.0188. The molecule has 1 aromatic rings. The van der Waals surface area contributed by atoms with Crippen LogP contribution in [0.4, 0.5) is 0 Å². The standard InChI is InChI=1S/C11H13N3O/c1-8-11(15)14(2)13-10(12-8)9-6-4-3-5-7-9/h3-8H,1-2H3,(H,12,13)/t8-/m0/s1. The molecule has 4 heteroatoms. The van der Waals surface area contributed by atoms with E-state index in [-0.39, 0.29) is 11.9 Å². The molecule has 0 fully saturated rings. The summed E-state index contributed by atoms with van der Waals surface area (Å²) in [5.74, 6) is 0.722. The van der Waals surface area contributed by atoms with E-state index in [1.54, 1.807) is 14.0 Å². The number of aliphatic imine (C=N–C) groups is 1. The van der Waals surface area contributed by atoms with Crippen LogP contribution < -0.4 is 5.43 Å². The number of carbonyl (C=O) groups excluding carboxylic acids is 1. The van der Waals surface area contributed by atoms with Gasteiger partial charge in [0.1, 0.15) is 11.9 Å². The minimum Gasteiger partial charge on any atom is -0.279 e. The van der Waals surface area contributed by atoms with Crippen LogP contribution in [0, 0.1) is 0 Å². The van der Waals surface area contributed by atoms with Gasteiger partial charge in [0.15, 0.2) is 0 Å². The van der Waals surface area contributed by atoms with Crippen molar-refractivity contribution in [1.82, 2.24) is 10.4 Å². The lowest BCUT2D eigenvalue weighted by Gasteiger charge is -2.27. The minimum atomic E-state index is -0.313. The molecule has 0 aromatic heterocycles. The van der Waals surface area contributed by atoms with Crippen molar-refractivity contribution in [3.05, 3.63) is 35.9 Å². The molecule has 0 saturated heterocycles.